The molecule has 0 aliphatic carbocycles. The van der Waals surface area contributed by atoms with Crippen molar-refractivity contribution in [2.45, 2.75) is 37.9 Å². The molecule has 3 rings (SSSR count). The third-order valence-corrected chi connectivity index (χ3v) is 5.59. The van der Waals surface area contributed by atoms with Gasteiger partial charge >= 0.3 is 0 Å². The predicted molar refractivity (Wildman–Crippen MR) is 111 cm³/mol. The monoisotopic (exact) mass is 410 g/mol. The van der Waals surface area contributed by atoms with E-state index < -0.39 is 18.0 Å². The summed E-state index contributed by atoms with van der Waals surface area (Å²) in [5, 5.41) is 12.4. The Balaban J connectivity index is 1.68. The molecule has 2 aromatic carbocycles. The zero-order valence-corrected chi connectivity index (χ0v) is 16.9. The molecule has 2 amide bonds. The molecule has 1 heterocycles. The Morgan fingerprint density at radius 1 is 1.31 bits per heavy atom. The lowest BCUT2D eigenvalue weighted by molar-refractivity contribution is -0.129. The molecule has 2 aromatic rings. The standard InChI is InChI=1S/C22H23ClN4O2/c1-14(22(29)26-12-16-7-15(11-24)8-19(23)9-16)27-13-18(10-20(27)21(25)28)17-5-3-2-4-6-17/h2-9,14,18,20H,10,12-13H2,1H3,(H2,25,28)(H,26,29)/t14-,18?,20?/m0/s1. The van der Waals surface area contributed by atoms with Gasteiger partial charge in [-0.25, -0.2) is 0 Å². The highest BCUT2D eigenvalue weighted by Crippen LogP contribution is 2.33. The second-order valence-corrected chi connectivity index (χ2v) is 7.75. The van der Waals surface area contributed by atoms with E-state index in [1.807, 2.05) is 41.3 Å². The maximum atomic E-state index is 12.8. The van der Waals surface area contributed by atoms with Crippen LogP contribution in [0.1, 0.15) is 36.0 Å². The Morgan fingerprint density at radius 3 is 2.69 bits per heavy atom. The van der Waals surface area contributed by atoms with Gasteiger partial charge in [-0.05, 0) is 48.6 Å². The predicted octanol–water partition coefficient (Wildman–Crippen LogP) is 2.56. The number of hydrogen-bond acceptors (Lipinski definition) is 4. The van der Waals surface area contributed by atoms with Crippen molar-refractivity contribution in [1.29, 1.82) is 5.26 Å². The van der Waals surface area contributed by atoms with Crippen molar-refractivity contribution in [3.63, 3.8) is 0 Å². The number of nitrogens with one attached hydrogen (secondary N) is 1. The maximum absolute atomic E-state index is 12.8. The van der Waals surface area contributed by atoms with Crippen molar-refractivity contribution in [3.05, 3.63) is 70.2 Å². The van der Waals surface area contributed by atoms with Gasteiger partial charge in [0, 0.05) is 18.1 Å². The third kappa shape index (κ3) is 4.94. The molecule has 2 unspecified atom stereocenters. The molecule has 29 heavy (non-hydrogen) atoms. The van der Waals surface area contributed by atoms with E-state index in [9.17, 15) is 9.59 Å². The van der Waals surface area contributed by atoms with Crippen LogP contribution in [0.2, 0.25) is 5.02 Å². The van der Waals surface area contributed by atoms with E-state index in [2.05, 4.69) is 5.32 Å². The normalized spacial score (nSPS) is 20.0. The molecule has 1 fully saturated rings. The van der Waals surface area contributed by atoms with Crippen LogP contribution in [0.25, 0.3) is 0 Å². The SMILES string of the molecule is C[C@@H](C(=O)NCc1cc(Cl)cc(C#N)c1)N1CC(c2ccccc2)CC1C(N)=O. The second kappa shape index (κ2) is 9.08. The summed E-state index contributed by atoms with van der Waals surface area (Å²) in [7, 11) is 0. The molecule has 3 atom stereocenters. The second-order valence-electron chi connectivity index (χ2n) is 7.31. The number of nitrogens with zero attached hydrogens (tertiary/aromatic N) is 2. The van der Waals surface area contributed by atoms with Crippen molar-refractivity contribution in [3.8, 4) is 6.07 Å². The van der Waals surface area contributed by atoms with Gasteiger partial charge in [0.25, 0.3) is 0 Å². The number of hydrogen-bond donors (Lipinski definition) is 2. The first kappa shape index (κ1) is 20.8. The Labute approximate surface area is 175 Å². The molecule has 1 aliphatic rings. The quantitative estimate of drug-likeness (QED) is 0.764. The zero-order valence-electron chi connectivity index (χ0n) is 16.1. The minimum atomic E-state index is -0.518. The highest BCUT2D eigenvalue weighted by atomic mass is 35.5. The van der Waals surface area contributed by atoms with Crippen molar-refractivity contribution >= 4 is 23.4 Å². The van der Waals surface area contributed by atoms with E-state index in [0.29, 0.717) is 23.6 Å². The first-order chi connectivity index (χ1) is 13.9. The number of halogens is 1. The van der Waals surface area contributed by atoms with E-state index in [1.165, 1.54) is 0 Å². The summed E-state index contributed by atoms with van der Waals surface area (Å²) in [6.07, 6.45) is 0.594. The fourth-order valence-corrected chi connectivity index (χ4v) is 4.10. The number of amides is 2. The summed E-state index contributed by atoms with van der Waals surface area (Å²) in [4.78, 5) is 26.6. The minimum Gasteiger partial charge on any atom is -0.368 e. The number of likely N-dealkylation sites (tertiary alicyclic amines) is 1. The molecule has 0 saturated carbocycles. The van der Waals surface area contributed by atoms with Gasteiger partial charge in [0.05, 0.1) is 23.7 Å². The molecular formula is C22H23ClN4O2. The molecule has 0 spiro atoms. The summed E-state index contributed by atoms with van der Waals surface area (Å²) >= 11 is 6.02. The number of carbonyl (C=O) groups is 2. The van der Waals surface area contributed by atoms with Gasteiger partial charge in [0.15, 0.2) is 0 Å². The fourth-order valence-electron chi connectivity index (χ4n) is 3.84. The van der Waals surface area contributed by atoms with Crippen LogP contribution in [0.4, 0.5) is 0 Å². The van der Waals surface area contributed by atoms with Gasteiger partial charge in [-0.1, -0.05) is 41.9 Å². The van der Waals surface area contributed by atoms with Gasteiger partial charge < -0.3 is 11.1 Å². The summed E-state index contributed by atoms with van der Waals surface area (Å²) in [6.45, 7) is 2.61. The van der Waals surface area contributed by atoms with Crippen LogP contribution in [0.15, 0.2) is 48.5 Å². The Bertz CT molecular complexity index is 942. The van der Waals surface area contributed by atoms with Gasteiger partial charge in [-0.15, -0.1) is 0 Å². The summed E-state index contributed by atoms with van der Waals surface area (Å²) in [6, 6.07) is 15.9. The van der Waals surface area contributed by atoms with Crippen molar-refractivity contribution < 1.29 is 9.59 Å². The molecular weight excluding hydrogens is 388 g/mol. The molecule has 0 radical (unpaired) electrons. The number of benzene rings is 2. The van der Waals surface area contributed by atoms with Gasteiger partial charge in [0.1, 0.15) is 0 Å². The van der Waals surface area contributed by atoms with Crippen molar-refractivity contribution in [2.75, 3.05) is 6.54 Å². The summed E-state index contributed by atoms with van der Waals surface area (Å²) in [5.41, 5.74) is 7.94. The van der Waals surface area contributed by atoms with Crippen LogP contribution in [0.5, 0.6) is 0 Å². The molecule has 6 nitrogen and oxygen atoms in total. The minimum absolute atomic E-state index is 0.148. The van der Waals surface area contributed by atoms with Gasteiger partial charge in [0.2, 0.25) is 11.8 Å². The summed E-state index contributed by atoms with van der Waals surface area (Å²) < 4.78 is 0. The number of nitrogens with two attached hydrogens (primary N) is 1. The van der Waals surface area contributed by atoms with Crippen molar-refractivity contribution in [1.82, 2.24) is 10.2 Å². The Hall–Kier alpha value is -2.88. The average molecular weight is 411 g/mol. The smallest absolute Gasteiger partial charge is 0.237 e. The molecule has 150 valence electrons. The van der Waals surface area contributed by atoms with Crippen LogP contribution in [-0.2, 0) is 16.1 Å². The highest BCUT2D eigenvalue weighted by molar-refractivity contribution is 6.30. The van der Waals surface area contributed by atoms with E-state index >= 15 is 0 Å². The maximum Gasteiger partial charge on any atom is 0.237 e. The highest BCUT2D eigenvalue weighted by Gasteiger charge is 2.40. The number of nitriles is 1. The number of primary amides is 1. The van der Waals surface area contributed by atoms with Crippen LogP contribution < -0.4 is 11.1 Å². The van der Waals surface area contributed by atoms with E-state index in [-0.39, 0.29) is 18.4 Å². The number of carbonyl (C=O) groups excluding carboxylic acids is 2. The fraction of sp³-hybridized carbons (Fsp3) is 0.318. The summed E-state index contributed by atoms with van der Waals surface area (Å²) in [5.74, 6) is -0.477. The van der Waals surface area contributed by atoms with Crippen molar-refractivity contribution in [2.24, 2.45) is 5.73 Å². The van der Waals surface area contributed by atoms with E-state index in [1.54, 1.807) is 25.1 Å². The lowest BCUT2D eigenvalue weighted by Gasteiger charge is -2.28. The molecule has 1 aliphatic heterocycles. The van der Waals surface area contributed by atoms with Crippen LogP contribution in [0, 0.1) is 11.3 Å². The zero-order chi connectivity index (χ0) is 21.0. The number of rotatable bonds is 6. The largest absolute Gasteiger partial charge is 0.368 e. The lowest BCUT2D eigenvalue weighted by Crippen LogP contribution is -2.51. The first-order valence-corrected chi connectivity index (χ1v) is 9.84. The van der Waals surface area contributed by atoms with Crippen LogP contribution in [-0.4, -0.2) is 35.3 Å². The lowest BCUT2D eigenvalue weighted by atomic mass is 9.96. The molecule has 7 heteroatoms. The van der Waals surface area contributed by atoms with Crippen LogP contribution in [0.3, 0.4) is 0 Å². The Kier molecular flexibility index (Phi) is 6.53. The van der Waals surface area contributed by atoms with Crippen LogP contribution >= 0.6 is 11.6 Å². The first-order valence-electron chi connectivity index (χ1n) is 9.46. The van der Waals surface area contributed by atoms with E-state index in [0.717, 1.165) is 11.1 Å². The van der Waals surface area contributed by atoms with Gasteiger partial charge in [-0.3, -0.25) is 14.5 Å². The molecule has 0 aromatic heterocycles. The Morgan fingerprint density at radius 2 is 2.03 bits per heavy atom. The molecule has 3 N–H and O–H groups in total. The van der Waals surface area contributed by atoms with E-state index in [4.69, 9.17) is 22.6 Å². The average Bonchev–Trinajstić information content (AvgIpc) is 3.17. The molecule has 0 bridgehead atoms. The topological polar surface area (TPSA) is 99.2 Å². The molecule has 1 saturated heterocycles. The van der Waals surface area contributed by atoms with Gasteiger partial charge in [-0.2, -0.15) is 5.26 Å². The third-order valence-electron chi connectivity index (χ3n) is 5.37.